The standard InChI is InChI=1S/C15H20N4O.ClH/c1-18-14(7-10-17-18)15(20)19(12-9-16)11-8-13-5-3-2-4-6-13;/h2-7,10H,8-9,11-12,16H2,1H3;1H. The van der Waals surface area contributed by atoms with Crippen molar-refractivity contribution in [3.05, 3.63) is 53.9 Å². The Labute approximate surface area is 131 Å². The molecule has 0 saturated heterocycles. The van der Waals surface area contributed by atoms with Gasteiger partial charge in [0.2, 0.25) is 0 Å². The summed E-state index contributed by atoms with van der Waals surface area (Å²) in [4.78, 5) is 14.2. The van der Waals surface area contributed by atoms with Crippen molar-refractivity contribution in [1.82, 2.24) is 14.7 Å². The van der Waals surface area contributed by atoms with E-state index in [9.17, 15) is 4.79 Å². The molecule has 0 spiro atoms. The van der Waals surface area contributed by atoms with E-state index in [-0.39, 0.29) is 18.3 Å². The summed E-state index contributed by atoms with van der Waals surface area (Å²) in [5.74, 6) is -0.0219. The Hall–Kier alpha value is -1.85. The van der Waals surface area contributed by atoms with Crippen LogP contribution in [0.15, 0.2) is 42.6 Å². The highest BCUT2D eigenvalue weighted by molar-refractivity contribution is 5.92. The largest absolute Gasteiger partial charge is 0.336 e. The third-order valence-corrected chi connectivity index (χ3v) is 3.24. The summed E-state index contributed by atoms with van der Waals surface area (Å²) in [7, 11) is 1.77. The maximum atomic E-state index is 12.4. The molecular formula is C15H21ClN4O. The predicted molar refractivity (Wildman–Crippen MR) is 85.6 cm³/mol. The van der Waals surface area contributed by atoms with Crippen LogP contribution in [0.25, 0.3) is 0 Å². The summed E-state index contributed by atoms with van der Waals surface area (Å²) in [6.45, 7) is 1.67. The average Bonchev–Trinajstić information content (AvgIpc) is 2.90. The Bertz CT molecular complexity index is 556. The molecule has 0 atom stereocenters. The number of benzene rings is 1. The van der Waals surface area contributed by atoms with Crippen molar-refractivity contribution in [1.29, 1.82) is 0 Å². The van der Waals surface area contributed by atoms with E-state index in [0.29, 0.717) is 25.3 Å². The molecule has 2 aromatic rings. The van der Waals surface area contributed by atoms with Gasteiger partial charge in [0.25, 0.3) is 5.91 Å². The van der Waals surface area contributed by atoms with E-state index in [1.54, 1.807) is 28.9 Å². The molecule has 0 bridgehead atoms. The lowest BCUT2D eigenvalue weighted by Gasteiger charge is -2.22. The second kappa shape index (κ2) is 8.44. The maximum Gasteiger partial charge on any atom is 0.272 e. The molecule has 5 nitrogen and oxygen atoms in total. The summed E-state index contributed by atoms with van der Waals surface area (Å²) in [6, 6.07) is 11.9. The number of hydrogen-bond donors (Lipinski definition) is 1. The molecule has 0 aliphatic carbocycles. The molecule has 6 heteroatoms. The van der Waals surface area contributed by atoms with Crippen LogP contribution in [-0.2, 0) is 13.5 Å². The Kier molecular flexibility index (Phi) is 6.91. The highest BCUT2D eigenvalue weighted by Crippen LogP contribution is 2.06. The van der Waals surface area contributed by atoms with Gasteiger partial charge in [-0.1, -0.05) is 30.3 Å². The number of halogens is 1. The molecule has 1 amide bonds. The Morgan fingerprint density at radius 2 is 1.95 bits per heavy atom. The highest BCUT2D eigenvalue weighted by Gasteiger charge is 2.17. The van der Waals surface area contributed by atoms with Gasteiger partial charge < -0.3 is 10.6 Å². The van der Waals surface area contributed by atoms with Gasteiger partial charge >= 0.3 is 0 Å². The molecule has 1 aromatic heterocycles. The molecule has 0 fully saturated rings. The van der Waals surface area contributed by atoms with Crippen molar-refractivity contribution in [3.63, 3.8) is 0 Å². The first-order chi connectivity index (χ1) is 9.72. The van der Waals surface area contributed by atoms with E-state index in [1.807, 2.05) is 18.2 Å². The summed E-state index contributed by atoms with van der Waals surface area (Å²) < 4.78 is 1.59. The van der Waals surface area contributed by atoms with E-state index < -0.39 is 0 Å². The Balaban J connectivity index is 0.00000220. The van der Waals surface area contributed by atoms with Gasteiger partial charge in [0, 0.05) is 32.9 Å². The summed E-state index contributed by atoms with van der Waals surface area (Å²) in [6.07, 6.45) is 2.45. The van der Waals surface area contributed by atoms with Crippen LogP contribution in [0.5, 0.6) is 0 Å². The van der Waals surface area contributed by atoms with E-state index in [4.69, 9.17) is 5.73 Å². The third kappa shape index (κ3) is 4.58. The minimum absolute atomic E-state index is 0. The summed E-state index contributed by atoms with van der Waals surface area (Å²) in [5.41, 5.74) is 7.42. The van der Waals surface area contributed by atoms with Crippen LogP contribution >= 0.6 is 12.4 Å². The van der Waals surface area contributed by atoms with Crippen LogP contribution in [0.3, 0.4) is 0 Å². The quantitative estimate of drug-likeness (QED) is 0.879. The molecule has 2 N–H and O–H groups in total. The fraction of sp³-hybridized carbons (Fsp3) is 0.333. The van der Waals surface area contributed by atoms with Crippen LogP contribution in [0, 0.1) is 0 Å². The summed E-state index contributed by atoms with van der Waals surface area (Å²) in [5, 5.41) is 4.04. The first-order valence-electron chi connectivity index (χ1n) is 6.73. The number of amides is 1. The number of aryl methyl sites for hydroxylation is 1. The lowest BCUT2D eigenvalue weighted by atomic mass is 10.1. The molecule has 114 valence electrons. The van der Waals surface area contributed by atoms with Gasteiger partial charge in [-0.25, -0.2) is 0 Å². The number of nitrogens with two attached hydrogens (primary N) is 1. The van der Waals surface area contributed by atoms with Crippen LogP contribution in [0.2, 0.25) is 0 Å². The molecule has 0 aliphatic heterocycles. The van der Waals surface area contributed by atoms with E-state index in [1.165, 1.54) is 5.56 Å². The molecule has 0 aliphatic rings. The Morgan fingerprint density at radius 3 is 2.52 bits per heavy atom. The van der Waals surface area contributed by atoms with Crippen molar-refractivity contribution >= 4 is 18.3 Å². The van der Waals surface area contributed by atoms with Gasteiger partial charge in [-0.2, -0.15) is 5.10 Å². The van der Waals surface area contributed by atoms with E-state index in [2.05, 4.69) is 17.2 Å². The van der Waals surface area contributed by atoms with E-state index in [0.717, 1.165) is 6.42 Å². The second-order valence-electron chi connectivity index (χ2n) is 4.66. The van der Waals surface area contributed by atoms with Gasteiger partial charge in [0.1, 0.15) is 5.69 Å². The normalized spacial score (nSPS) is 10.0. The zero-order chi connectivity index (χ0) is 14.4. The zero-order valence-corrected chi connectivity index (χ0v) is 12.9. The van der Waals surface area contributed by atoms with Crippen molar-refractivity contribution < 1.29 is 4.79 Å². The third-order valence-electron chi connectivity index (χ3n) is 3.24. The smallest absolute Gasteiger partial charge is 0.272 e. The van der Waals surface area contributed by atoms with Crippen molar-refractivity contribution in [2.75, 3.05) is 19.6 Å². The first-order valence-corrected chi connectivity index (χ1v) is 6.73. The molecule has 1 aromatic carbocycles. The monoisotopic (exact) mass is 308 g/mol. The van der Waals surface area contributed by atoms with Gasteiger partial charge in [-0.05, 0) is 18.1 Å². The maximum absolute atomic E-state index is 12.4. The SMILES string of the molecule is Cl.Cn1nccc1C(=O)N(CCN)CCc1ccccc1. The molecule has 0 saturated carbocycles. The zero-order valence-electron chi connectivity index (χ0n) is 12.1. The van der Waals surface area contributed by atoms with Crippen LogP contribution in [-0.4, -0.2) is 40.2 Å². The Morgan fingerprint density at radius 1 is 1.24 bits per heavy atom. The lowest BCUT2D eigenvalue weighted by Crippen LogP contribution is -2.37. The molecule has 2 rings (SSSR count). The van der Waals surface area contributed by atoms with Gasteiger partial charge in [0.05, 0.1) is 0 Å². The second-order valence-corrected chi connectivity index (χ2v) is 4.66. The van der Waals surface area contributed by atoms with Crippen molar-refractivity contribution in [2.24, 2.45) is 12.8 Å². The number of rotatable bonds is 6. The van der Waals surface area contributed by atoms with Gasteiger partial charge in [-0.15, -0.1) is 12.4 Å². The van der Waals surface area contributed by atoms with Crippen molar-refractivity contribution in [3.8, 4) is 0 Å². The average molecular weight is 309 g/mol. The minimum atomic E-state index is -0.0219. The molecule has 21 heavy (non-hydrogen) atoms. The fourth-order valence-electron chi connectivity index (χ4n) is 2.13. The van der Waals surface area contributed by atoms with Crippen LogP contribution in [0.4, 0.5) is 0 Å². The molecule has 0 radical (unpaired) electrons. The summed E-state index contributed by atoms with van der Waals surface area (Å²) >= 11 is 0. The number of hydrogen-bond acceptors (Lipinski definition) is 3. The lowest BCUT2D eigenvalue weighted by molar-refractivity contribution is 0.0751. The molecule has 0 unspecified atom stereocenters. The number of carbonyl (C=O) groups excluding carboxylic acids is 1. The topological polar surface area (TPSA) is 64.2 Å². The van der Waals surface area contributed by atoms with Crippen LogP contribution < -0.4 is 5.73 Å². The number of aromatic nitrogens is 2. The molecular weight excluding hydrogens is 288 g/mol. The fourth-order valence-corrected chi connectivity index (χ4v) is 2.13. The van der Waals surface area contributed by atoms with Gasteiger partial charge in [-0.3, -0.25) is 9.48 Å². The van der Waals surface area contributed by atoms with E-state index >= 15 is 0 Å². The van der Waals surface area contributed by atoms with Crippen LogP contribution in [0.1, 0.15) is 16.1 Å². The predicted octanol–water partition coefficient (Wildman–Crippen LogP) is 1.49. The van der Waals surface area contributed by atoms with Gasteiger partial charge in [0.15, 0.2) is 0 Å². The highest BCUT2D eigenvalue weighted by atomic mass is 35.5. The van der Waals surface area contributed by atoms with Crippen molar-refractivity contribution in [2.45, 2.75) is 6.42 Å². The number of carbonyl (C=O) groups is 1. The minimum Gasteiger partial charge on any atom is -0.336 e. The first kappa shape index (κ1) is 17.2. The molecule has 1 heterocycles. The number of nitrogens with zero attached hydrogens (tertiary/aromatic N) is 3.